The summed E-state index contributed by atoms with van der Waals surface area (Å²) < 4.78 is 6.52. The molecule has 0 aliphatic carbocycles. The van der Waals surface area contributed by atoms with Gasteiger partial charge in [0, 0.05) is 26.5 Å². The minimum absolute atomic E-state index is 0.469. The molecule has 0 aliphatic heterocycles. The fourth-order valence-corrected chi connectivity index (χ4v) is 3.27. The van der Waals surface area contributed by atoms with E-state index in [2.05, 4.69) is 31.9 Å². The molecule has 1 nitrogen and oxygen atoms in total. The van der Waals surface area contributed by atoms with Crippen LogP contribution >= 0.6 is 66.7 Å². The summed E-state index contributed by atoms with van der Waals surface area (Å²) in [6, 6.07) is 8.80. The highest BCUT2D eigenvalue weighted by molar-refractivity contribution is 9.10. The van der Waals surface area contributed by atoms with Crippen LogP contribution in [0.2, 0.25) is 15.1 Å². The van der Waals surface area contributed by atoms with Crippen LogP contribution in [0.5, 0.6) is 11.5 Å². The lowest BCUT2D eigenvalue weighted by Gasteiger charge is -2.12. The van der Waals surface area contributed by atoms with Crippen molar-refractivity contribution in [1.82, 2.24) is 0 Å². The van der Waals surface area contributed by atoms with E-state index in [1.54, 1.807) is 18.2 Å². The zero-order valence-corrected chi connectivity index (χ0v) is 14.8. The van der Waals surface area contributed by atoms with Crippen LogP contribution < -0.4 is 4.74 Å². The van der Waals surface area contributed by atoms with Crippen molar-refractivity contribution < 1.29 is 4.74 Å². The Hall–Kier alpha value is 0.0700. The predicted molar refractivity (Wildman–Crippen MR) is 88.3 cm³/mol. The Morgan fingerprint density at radius 2 is 1.68 bits per heavy atom. The molecular weight excluding hydrogens is 438 g/mol. The molecule has 2 aromatic carbocycles. The maximum absolute atomic E-state index is 6.13. The molecule has 19 heavy (non-hydrogen) atoms. The van der Waals surface area contributed by atoms with Crippen LogP contribution in [0.15, 0.2) is 34.8 Å². The fourth-order valence-electron chi connectivity index (χ4n) is 1.47. The smallest absolute Gasteiger partial charge is 0.147 e. The van der Waals surface area contributed by atoms with Crippen molar-refractivity contribution in [1.29, 1.82) is 0 Å². The van der Waals surface area contributed by atoms with Crippen molar-refractivity contribution in [3.63, 3.8) is 0 Å². The molecule has 0 aromatic heterocycles. The van der Waals surface area contributed by atoms with E-state index in [4.69, 9.17) is 39.5 Å². The minimum Gasteiger partial charge on any atom is -0.455 e. The van der Waals surface area contributed by atoms with Crippen molar-refractivity contribution in [3.8, 4) is 11.5 Å². The molecule has 0 fully saturated rings. The molecule has 0 N–H and O–H groups in total. The largest absolute Gasteiger partial charge is 0.455 e. The van der Waals surface area contributed by atoms with Gasteiger partial charge in [0.05, 0.1) is 10.0 Å². The van der Waals surface area contributed by atoms with Crippen LogP contribution in [0.1, 0.15) is 5.56 Å². The van der Waals surface area contributed by atoms with Gasteiger partial charge in [-0.3, -0.25) is 0 Å². The fraction of sp³-hybridized carbons (Fsp3) is 0.0769. The Bertz CT molecular complexity index is 617. The van der Waals surface area contributed by atoms with Gasteiger partial charge in [-0.05, 0) is 34.1 Å². The first-order chi connectivity index (χ1) is 9.02. The van der Waals surface area contributed by atoms with Gasteiger partial charge >= 0.3 is 0 Å². The van der Waals surface area contributed by atoms with Crippen LogP contribution in [0.3, 0.4) is 0 Å². The maximum atomic E-state index is 6.13. The summed E-state index contributed by atoms with van der Waals surface area (Å²) in [5.74, 6) is 1.13. The lowest BCUT2D eigenvalue weighted by Crippen LogP contribution is -1.91. The molecule has 100 valence electrons. The Morgan fingerprint density at radius 3 is 2.37 bits per heavy atom. The summed E-state index contributed by atoms with van der Waals surface area (Å²) in [5, 5.41) is 2.22. The summed E-state index contributed by atoms with van der Waals surface area (Å²) in [6.07, 6.45) is 0. The molecule has 0 saturated carbocycles. The second kappa shape index (κ2) is 6.68. The second-order valence-electron chi connectivity index (χ2n) is 3.65. The molecule has 0 unspecified atom stereocenters. The van der Waals surface area contributed by atoms with Gasteiger partial charge in [-0.25, -0.2) is 0 Å². The number of alkyl halides is 1. The van der Waals surface area contributed by atoms with Crippen molar-refractivity contribution in [2.45, 2.75) is 5.33 Å². The zero-order valence-electron chi connectivity index (χ0n) is 9.39. The molecule has 2 rings (SSSR count). The quantitative estimate of drug-likeness (QED) is 0.362. The average Bonchev–Trinajstić information content (AvgIpc) is 2.36. The number of rotatable bonds is 3. The molecule has 0 aliphatic rings. The van der Waals surface area contributed by atoms with E-state index in [0.717, 1.165) is 10.0 Å². The van der Waals surface area contributed by atoms with Crippen LogP contribution in [0.25, 0.3) is 0 Å². The predicted octanol–water partition coefficient (Wildman–Crippen LogP) is 7.10. The molecule has 0 saturated heterocycles. The standard InChI is InChI=1S/C13H7Br2Cl3O/c14-6-7-9(16)2-1-3-12(7)19-13-5-10(17)8(15)4-11(13)18/h1-5H,6H2. The number of ether oxygens (including phenoxy) is 1. The van der Waals surface area contributed by atoms with Gasteiger partial charge < -0.3 is 4.74 Å². The first-order valence-electron chi connectivity index (χ1n) is 5.18. The molecule has 0 amide bonds. The topological polar surface area (TPSA) is 9.23 Å². The molecule has 2 aromatic rings. The molecular formula is C13H7Br2Cl3O. The van der Waals surface area contributed by atoms with Crippen LogP contribution in [-0.2, 0) is 5.33 Å². The van der Waals surface area contributed by atoms with Crippen LogP contribution in [0.4, 0.5) is 0 Å². The maximum Gasteiger partial charge on any atom is 0.147 e. The Balaban J connectivity index is 2.42. The van der Waals surface area contributed by atoms with Crippen LogP contribution in [0, 0.1) is 0 Å². The van der Waals surface area contributed by atoms with E-state index in [9.17, 15) is 0 Å². The lowest BCUT2D eigenvalue weighted by atomic mass is 10.2. The first-order valence-corrected chi connectivity index (χ1v) is 8.23. The summed E-state index contributed by atoms with van der Waals surface area (Å²) in [4.78, 5) is 0. The summed E-state index contributed by atoms with van der Waals surface area (Å²) in [5.41, 5.74) is 0.860. The molecule has 6 heteroatoms. The highest BCUT2D eigenvalue weighted by atomic mass is 79.9. The molecule has 0 heterocycles. The van der Waals surface area contributed by atoms with Crippen LogP contribution in [-0.4, -0.2) is 0 Å². The first kappa shape index (κ1) is 15.5. The molecule has 0 bridgehead atoms. The third-order valence-electron chi connectivity index (χ3n) is 2.40. The van der Waals surface area contributed by atoms with E-state index in [0.29, 0.717) is 31.9 Å². The van der Waals surface area contributed by atoms with E-state index in [1.165, 1.54) is 0 Å². The SMILES string of the molecule is Clc1cc(Oc2cccc(Cl)c2CBr)c(Cl)cc1Br. The molecule has 0 atom stereocenters. The Kier molecular flexibility index (Phi) is 5.44. The van der Waals surface area contributed by atoms with Gasteiger partial charge in [0.15, 0.2) is 0 Å². The van der Waals surface area contributed by atoms with E-state index < -0.39 is 0 Å². The lowest BCUT2D eigenvalue weighted by molar-refractivity contribution is 0.479. The number of benzene rings is 2. The summed E-state index contributed by atoms with van der Waals surface area (Å²) in [6.45, 7) is 0. The third kappa shape index (κ3) is 3.59. The van der Waals surface area contributed by atoms with Gasteiger partial charge in [0.1, 0.15) is 11.5 Å². The second-order valence-corrected chi connectivity index (χ2v) is 6.29. The average molecular weight is 445 g/mol. The Morgan fingerprint density at radius 1 is 0.947 bits per heavy atom. The van der Waals surface area contributed by atoms with Crippen molar-refractivity contribution in [3.05, 3.63) is 55.4 Å². The van der Waals surface area contributed by atoms with E-state index in [-0.39, 0.29) is 0 Å². The number of hydrogen-bond acceptors (Lipinski definition) is 1. The van der Waals surface area contributed by atoms with E-state index >= 15 is 0 Å². The summed E-state index contributed by atoms with van der Waals surface area (Å²) >= 11 is 25.0. The minimum atomic E-state index is 0.469. The van der Waals surface area contributed by atoms with Crippen molar-refractivity contribution >= 4 is 66.7 Å². The molecule has 0 radical (unpaired) electrons. The zero-order chi connectivity index (χ0) is 14.0. The van der Waals surface area contributed by atoms with Gasteiger partial charge in [0.2, 0.25) is 0 Å². The Labute approximate surface area is 143 Å². The van der Waals surface area contributed by atoms with Gasteiger partial charge in [-0.2, -0.15) is 0 Å². The highest BCUT2D eigenvalue weighted by Gasteiger charge is 2.12. The van der Waals surface area contributed by atoms with Crippen molar-refractivity contribution in [2.24, 2.45) is 0 Å². The van der Waals surface area contributed by atoms with Gasteiger partial charge in [-0.15, -0.1) is 0 Å². The third-order valence-corrected chi connectivity index (χ3v) is 4.81. The monoisotopic (exact) mass is 442 g/mol. The highest BCUT2D eigenvalue weighted by Crippen LogP contribution is 2.38. The van der Waals surface area contributed by atoms with Crippen molar-refractivity contribution in [2.75, 3.05) is 0 Å². The van der Waals surface area contributed by atoms with Gasteiger partial charge in [0.25, 0.3) is 0 Å². The number of hydrogen-bond donors (Lipinski definition) is 0. The molecule has 0 spiro atoms. The number of halogens is 5. The van der Waals surface area contributed by atoms with E-state index in [1.807, 2.05) is 12.1 Å². The summed E-state index contributed by atoms with van der Waals surface area (Å²) in [7, 11) is 0. The van der Waals surface area contributed by atoms with Gasteiger partial charge in [-0.1, -0.05) is 56.8 Å². The normalized spacial score (nSPS) is 10.6.